The second kappa shape index (κ2) is 5.85. The molecule has 0 bridgehead atoms. The number of aryl methyl sites for hydroxylation is 2. The Morgan fingerprint density at radius 3 is 2.83 bits per heavy atom. The third-order valence-corrected chi connectivity index (χ3v) is 4.01. The fraction of sp³-hybridized carbons (Fsp3) is 0.625. The molecule has 1 heterocycles. The zero-order valence-corrected chi connectivity index (χ0v) is 11.7. The van der Waals surface area contributed by atoms with Crippen molar-refractivity contribution in [2.45, 2.75) is 64.6 Å². The minimum Gasteiger partial charge on any atom is -0.388 e. The van der Waals surface area contributed by atoms with Gasteiger partial charge in [-0.3, -0.25) is 0 Å². The van der Waals surface area contributed by atoms with Gasteiger partial charge in [0.1, 0.15) is 0 Å². The highest BCUT2D eigenvalue weighted by atomic mass is 16.3. The zero-order valence-electron chi connectivity index (χ0n) is 11.7. The SMILES string of the molecule is Cc1ccc(C)c(C(O)CC2CCCC(C)N2)c1. The first-order valence-corrected chi connectivity index (χ1v) is 7.07. The van der Waals surface area contributed by atoms with Crippen molar-refractivity contribution in [3.63, 3.8) is 0 Å². The summed E-state index contributed by atoms with van der Waals surface area (Å²) in [4.78, 5) is 0. The van der Waals surface area contributed by atoms with Crippen LogP contribution in [-0.4, -0.2) is 17.2 Å². The van der Waals surface area contributed by atoms with E-state index in [2.05, 4.69) is 44.3 Å². The first-order valence-electron chi connectivity index (χ1n) is 7.07. The molecular formula is C16H25NO. The van der Waals surface area contributed by atoms with E-state index < -0.39 is 0 Å². The molecule has 0 radical (unpaired) electrons. The number of aliphatic hydroxyl groups is 1. The third kappa shape index (κ3) is 3.33. The van der Waals surface area contributed by atoms with Gasteiger partial charge in [-0.15, -0.1) is 0 Å². The van der Waals surface area contributed by atoms with Crippen molar-refractivity contribution >= 4 is 0 Å². The van der Waals surface area contributed by atoms with Gasteiger partial charge in [0.2, 0.25) is 0 Å². The van der Waals surface area contributed by atoms with Crippen LogP contribution in [0.1, 0.15) is 55.4 Å². The largest absolute Gasteiger partial charge is 0.388 e. The van der Waals surface area contributed by atoms with Crippen LogP contribution in [0.3, 0.4) is 0 Å². The predicted molar refractivity (Wildman–Crippen MR) is 75.7 cm³/mol. The monoisotopic (exact) mass is 247 g/mol. The van der Waals surface area contributed by atoms with Crippen molar-refractivity contribution in [1.82, 2.24) is 5.32 Å². The van der Waals surface area contributed by atoms with Gasteiger partial charge >= 0.3 is 0 Å². The highest BCUT2D eigenvalue weighted by Crippen LogP contribution is 2.26. The summed E-state index contributed by atoms with van der Waals surface area (Å²) in [6.07, 6.45) is 4.21. The molecule has 1 aliphatic rings. The summed E-state index contributed by atoms with van der Waals surface area (Å²) in [7, 11) is 0. The molecule has 3 atom stereocenters. The van der Waals surface area contributed by atoms with Gasteiger partial charge in [0, 0.05) is 12.1 Å². The number of hydrogen-bond donors (Lipinski definition) is 2. The third-order valence-electron chi connectivity index (χ3n) is 4.01. The second-order valence-electron chi connectivity index (χ2n) is 5.81. The molecule has 0 spiro atoms. The van der Waals surface area contributed by atoms with Crippen molar-refractivity contribution in [3.8, 4) is 0 Å². The summed E-state index contributed by atoms with van der Waals surface area (Å²) >= 11 is 0. The smallest absolute Gasteiger partial charge is 0.0807 e. The molecular weight excluding hydrogens is 222 g/mol. The number of aliphatic hydroxyl groups excluding tert-OH is 1. The lowest BCUT2D eigenvalue weighted by atomic mass is 9.91. The van der Waals surface area contributed by atoms with Gasteiger partial charge in [-0.2, -0.15) is 0 Å². The van der Waals surface area contributed by atoms with Crippen LogP contribution in [0.5, 0.6) is 0 Å². The fourth-order valence-corrected chi connectivity index (χ4v) is 2.94. The maximum atomic E-state index is 10.4. The first-order chi connectivity index (χ1) is 8.56. The molecule has 3 unspecified atom stereocenters. The molecule has 1 aromatic carbocycles. The molecule has 0 aromatic heterocycles. The van der Waals surface area contributed by atoms with Gasteiger partial charge < -0.3 is 10.4 Å². The first kappa shape index (κ1) is 13.6. The fourth-order valence-electron chi connectivity index (χ4n) is 2.94. The molecule has 1 saturated heterocycles. The van der Waals surface area contributed by atoms with Gasteiger partial charge in [-0.1, -0.05) is 30.2 Å². The Morgan fingerprint density at radius 1 is 1.33 bits per heavy atom. The summed E-state index contributed by atoms with van der Waals surface area (Å²) in [6.45, 7) is 6.39. The zero-order chi connectivity index (χ0) is 13.1. The highest BCUT2D eigenvalue weighted by molar-refractivity contribution is 5.32. The van der Waals surface area contributed by atoms with E-state index >= 15 is 0 Å². The van der Waals surface area contributed by atoms with E-state index in [9.17, 15) is 5.11 Å². The predicted octanol–water partition coefficient (Wildman–Crippen LogP) is 3.26. The van der Waals surface area contributed by atoms with E-state index in [-0.39, 0.29) is 6.10 Å². The van der Waals surface area contributed by atoms with Crippen molar-refractivity contribution in [2.24, 2.45) is 0 Å². The van der Waals surface area contributed by atoms with E-state index in [1.165, 1.54) is 30.4 Å². The van der Waals surface area contributed by atoms with Gasteiger partial charge in [-0.25, -0.2) is 0 Å². The second-order valence-corrected chi connectivity index (χ2v) is 5.81. The molecule has 1 aliphatic heterocycles. The molecule has 2 rings (SSSR count). The lowest BCUT2D eigenvalue weighted by molar-refractivity contribution is 0.139. The molecule has 18 heavy (non-hydrogen) atoms. The van der Waals surface area contributed by atoms with Crippen LogP contribution in [0, 0.1) is 13.8 Å². The van der Waals surface area contributed by atoms with Crippen molar-refractivity contribution in [2.75, 3.05) is 0 Å². The molecule has 100 valence electrons. The summed E-state index contributed by atoms with van der Waals surface area (Å²) < 4.78 is 0. The van der Waals surface area contributed by atoms with Gasteiger partial charge in [0.25, 0.3) is 0 Å². The van der Waals surface area contributed by atoms with Crippen LogP contribution >= 0.6 is 0 Å². The van der Waals surface area contributed by atoms with Gasteiger partial charge in [0.15, 0.2) is 0 Å². The Bertz CT molecular complexity index is 402. The molecule has 1 fully saturated rings. The van der Waals surface area contributed by atoms with Crippen LogP contribution in [0.4, 0.5) is 0 Å². The minimum atomic E-state index is -0.340. The van der Waals surface area contributed by atoms with Crippen LogP contribution in [0.15, 0.2) is 18.2 Å². The van der Waals surface area contributed by atoms with Crippen LogP contribution in [-0.2, 0) is 0 Å². The number of rotatable bonds is 3. The maximum absolute atomic E-state index is 10.4. The Morgan fingerprint density at radius 2 is 2.11 bits per heavy atom. The Hall–Kier alpha value is -0.860. The average Bonchev–Trinajstić information content (AvgIpc) is 2.32. The molecule has 2 N–H and O–H groups in total. The van der Waals surface area contributed by atoms with Crippen molar-refractivity contribution in [1.29, 1.82) is 0 Å². The topological polar surface area (TPSA) is 32.3 Å². The minimum absolute atomic E-state index is 0.340. The van der Waals surface area contributed by atoms with Crippen molar-refractivity contribution < 1.29 is 5.11 Å². The standard InChI is InChI=1S/C16H25NO/c1-11-7-8-12(2)15(9-11)16(18)10-14-6-4-5-13(3)17-14/h7-9,13-14,16-18H,4-6,10H2,1-3H3. The highest BCUT2D eigenvalue weighted by Gasteiger charge is 2.22. The van der Waals surface area contributed by atoms with Gasteiger partial charge in [-0.05, 0) is 51.2 Å². The van der Waals surface area contributed by atoms with E-state index in [1.807, 2.05) is 0 Å². The van der Waals surface area contributed by atoms with Crippen LogP contribution in [0.25, 0.3) is 0 Å². The number of piperidine rings is 1. The summed E-state index contributed by atoms with van der Waals surface area (Å²) in [5.74, 6) is 0. The summed E-state index contributed by atoms with van der Waals surface area (Å²) in [6, 6.07) is 7.38. The number of nitrogens with one attached hydrogen (secondary N) is 1. The van der Waals surface area contributed by atoms with Crippen LogP contribution in [0.2, 0.25) is 0 Å². The maximum Gasteiger partial charge on any atom is 0.0807 e. The van der Waals surface area contributed by atoms with E-state index in [0.717, 1.165) is 12.0 Å². The molecule has 2 nitrogen and oxygen atoms in total. The number of benzene rings is 1. The summed E-state index contributed by atoms with van der Waals surface area (Å²) in [5.41, 5.74) is 3.51. The molecule has 0 saturated carbocycles. The summed E-state index contributed by atoms with van der Waals surface area (Å²) in [5, 5.41) is 14.0. The number of hydrogen-bond acceptors (Lipinski definition) is 2. The lowest BCUT2D eigenvalue weighted by Gasteiger charge is -2.30. The van der Waals surface area contributed by atoms with Crippen molar-refractivity contribution in [3.05, 3.63) is 34.9 Å². The van der Waals surface area contributed by atoms with E-state index in [1.54, 1.807) is 0 Å². The van der Waals surface area contributed by atoms with E-state index in [0.29, 0.717) is 12.1 Å². The molecule has 0 amide bonds. The average molecular weight is 247 g/mol. The van der Waals surface area contributed by atoms with E-state index in [4.69, 9.17) is 0 Å². The Balaban J connectivity index is 2.02. The Labute approximate surface area is 110 Å². The van der Waals surface area contributed by atoms with Gasteiger partial charge in [0.05, 0.1) is 6.10 Å². The molecule has 1 aromatic rings. The quantitative estimate of drug-likeness (QED) is 0.859. The molecule has 2 heteroatoms. The Kier molecular flexibility index (Phi) is 4.41. The normalized spacial score (nSPS) is 26.0. The lowest BCUT2D eigenvalue weighted by Crippen LogP contribution is -2.41. The van der Waals surface area contributed by atoms with Crippen LogP contribution < -0.4 is 5.32 Å². The molecule has 0 aliphatic carbocycles.